The van der Waals surface area contributed by atoms with Crippen molar-refractivity contribution in [3.63, 3.8) is 0 Å². The van der Waals surface area contributed by atoms with Crippen molar-refractivity contribution in [3.05, 3.63) is 16.1 Å². The summed E-state index contributed by atoms with van der Waals surface area (Å²) in [7, 11) is 0. The van der Waals surface area contributed by atoms with Gasteiger partial charge in [0.2, 0.25) is 0 Å². The van der Waals surface area contributed by atoms with Crippen LogP contribution < -0.4 is 11.1 Å². The van der Waals surface area contributed by atoms with Crippen LogP contribution in [-0.4, -0.2) is 17.0 Å². The molecule has 0 aliphatic heterocycles. The third-order valence-electron chi connectivity index (χ3n) is 3.04. The smallest absolute Gasteiger partial charge is 0.370 e. The zero-order chi connectivity index (χ0) is 16.8. The van der Waals surface area contributed by atoms with Crippen LogP contribution in [0.5, 0.6) is 0 Å². The highest BCUT2D eigenvalue weighted by Crippen LogP contribution is 2.30. The molecule has 1 rings (SSSR count). The van der Waals surface area contributed by atoms with E-state index in [4.69, 9.17) is 5.73 Å². The number of nitrogens with one attached hydrogen (secondary N) is 1. The maximum absolute atomic E-state index is 12.4. The minimum Gasteiger partial charge on any atom is -0.370 e. The molecule has 0 saturated carbocycles. The van der Waals surface area contributed by atoms with Gasteiger partial charge in [0, 0.05) is 11.4 Å². The average Bonchev–Trinajstić information content (AvgIpc) is 2.84. The van der Waals surface area contributed by atoms with Gasteiger partial charge in [0.05, 0.1) is 6.54 Å². The summed E-state index contributed by atoms with van der Waals surface area (Å²) in [5.41, 5.74) is 4.86. The number of nitrogens with zero attached hydrogens (tertiary/aromatic N) is 2. The Kier molecular flexibility index (Phi) is 7.12. The highest BCUT2D eigenvalue weighted by atomic mass is 32.1. The van der Waals surface area contributed by atoms with Gasteiger partial charge in [-0.3, -0.25) is 0 Å². The summed E-state index contributed by atoms with van der Waals surface area (Å²) in [6.45, 7) is 6.42. The number of halogens is 3. The lowest BCUT2D eigenvalue weighted by Gasteiger charge is -2.14. The maximum Gasteiger partial charge on any atom is 0.434 e. The number of guanidine groups is 1. The van der Waals surface area contributed by atoms with Gasteiger partial charge in [0.25, 0.3) is 0 Å². The van der Waals surface area contributed by atoms with Crippen LogP contribution in [0.25, 0.3) is 0 Å². The zero-order valence-electron chi connectivity index (χ0n) is 13.1. The third-order valence-corrected chi connectivity index (χ3v) is 3.87. The first-order valence-electron chi connectivity index (χ1n) is 7.26. The van der Waals surface area contributed by atoms with Gasteiger partial charge in [-0.2, -0.15) is 13.2 Å². The number of aliphatic imine (C=N–C) groups is 1. The summed E-state index contributed by atoms with van der Waals surface area (Å²) in [6, 6.07) is 0.185. The normalized spacial score (nSPS) is 14.4. The van der Waals surface area contributed by atoms with E-state index in [1.807, 2.05) is 6.92 Å². The van der Waals surface area contributed by atoms with Crippen molar-refractivity contribution in [1.29, 1.82) is 0 Å². The molecule has 0 spiro atoms. The largest absolute Gasteiger partial charge is 0.434 e. The number of aromatic nitrogens is 1. The van der Waals surface area contributed by atoms with Gasteiger partial charge in [0.1, 0.15) is 5.01 Å². The first kappa shape index (κ1) is 18.7. The van der Waals surface area contributed by atoms with Crippen LogP contribution in [0.1, 0.15) is 50.7 Å². The molecule has 1 atom stereocenters. The van der Waals surface area contributed by atoms with E-state index < -0.39 is 11.9 Å². The molecule has 126 valence electrons. The lowest BCUT2D eigenvalue weighted by molar-refractivity contribution is -0.140. The predicted molar refractivity (Wildman–Crippen MR) is 83.7 cm³/mol. The molecular formula is C14H23F3N4S. The van der Waals surface area contributed by atoms with Crippen LogP contribution in [0.4, 0.5) is 13.2 Å². The maximum atomic E-state index is 12.4. The third kappa shape index (κ3) is 7.11. The number of hydrogen-bond acceptors (Lipinski definition) is 3. The van der Waals surface area contributed by atoms with Crippen LogP contribution in [0.3, 0.4) is 0 Å². The Hall–Kier alpha value is -1.31. The fraction of sp³-hybridized carbons (Fsp3) is 0.714. The van der Waals surface area contributed by atoms with Crippen molar-refractivity contribution in [2.75, 3.05) is 0 Å². The summed E-state index contributed by atoms with van der Waals surface area (Å²) < 4.78 is 37.3. The van der Waals surface area contributed by atoms with Crippen LogP contribution in [-0.2, 0) is 12.7 Å². The van der Waals surface area contributed by atoms with E-state index in [0.29, 0.717) is 10.9 Å². The van der Waals surface area contributed by atoms with Gasteiger partial charge >= 0.3 is 6.18 Å². The monoisotopic (exact) mass is 336 g/mol. The van der Waals surface area contributed by atoms with E-state index in [1.54, 1.807) is 0 Å². The van der Waals surface area contributed by atoms with E-state index in [1.165, 1.54) is 0 Å². The number of rotatable bonds is 7. The highest BCUT2D eigenvalue weighted by Gasteiger charge is 2.33. The average molecular weight is 336 g/mol. The number of alkyl halides is 3. The molecule has 1 unspecified atom stereocenters. The fourth-order valence-corrected chi connectivity index (χ4v) is 2.59. The number of nitrogens with two attached hydrogens (primary N) is 1. The molecule has 0 fully saturated rings. The molecule has 0 aliphatic carbocycles. The lowest BCUT2D eigenvalue weighted by Crippen LogP contribution is -2.38. The minimum absolute atomic E-state index is 0.0539. The molecular weight excluding hydrogens is 313 g/mol. The van der Waals surface area contributed by atoms with E-state index in [0.717, 1.165) is 36.0 Å². The Morgan fingerprint density at radius 3 is 2.59 bits per heavy atom. The lowest BCUT2D eigenvalue weighted by atomic mass is 10.0. The summed E-state index contributed by atoms with van der Waals surface area (Å²) >= 11 is 0.933. The van der Waals surface area contributed by atoms with Crippen LogP contribution in [0.15, 0.2) is 10.4 Å². The van der Waals surface area contributed by atoms with E-state index in [-0.39, 0.29) is 18.5 Å². The molecule has 22 heavy (non-hydrogen) atoms. The van der Waals surface area contributed by atoms with Crippen molar-refractivity contribution in [1.82, 2.24) is 10.3 Å². The SMILES string of the molecule is CC(C)CCCC(C)NC(N)=NCc1nc(C(F)(F)F)cs1. The van der Waals surface area contributed by atoms with Crippen molar-refractivity contribution >= 4 is 17.3 Å². The first-order valence-corrected chi connectivity index (χ1v) is 8.14. The van der Waals surface area contributed by atoms with Crippen molar-refractivity contribution < 1.29 is 13.2 Å². The zero-order valence-corrected chi connectivity index (χ0v) is 13.9. The quantitative estimate of drug-likeness (QED) is 0.588. The molecule has 0 radical (unpaired) electrons. The molecule has 4 nitrogen and oxygen atoms in total. The van der Waals surface area contributed by atoms with Gasteiger partial charge in [-0.25, -0.2) is 9.98 Å². The highest BCUT2D eigenvalue weighted by molar-refractivity contribution is 7.09. The first-order chi connectivity index (χ1) is 10.2. The molecule has 0 aromatic carbocycles. The second-order valence-corrected chi connectivity index (χ2v) is 6.64. The van der Waals surface area contributed by atoms with Crippen LogP contribution in [0, 0.1) is 5.92 Å². The van der Waals surface area contributed by atoms with Gasteiger partial charge in [-0.05, 0) is 19.3 Å². The summed E-state index contributed by atoms with van der Waals surface area (Å²) in [4.78, 5) is 7.54. The number of thiazole rings is 1. The molecule has 0 saturated heterocycles. The second kappa shape index (κ2) is 8.36. The molecule has 1 aromatic rings. The Morgan fingerprint density at radius 1 is 1.36 bits per heavy atom. The Labute approximate surface area is 133 Å². The second-order valence-electron chi connectivity index (χ2n) is 5.70. The Bertz CT molecular complexity index is 483. The molecule has 1 aromatic heterocycles. The van der Waals surface area contributed by atoms with E-state index in [9.17, 15) is 13.2 Å². The predicted octanol–water partition coefficient (Wildman–Crippen LogP) is 3.78. The number of hydrogen-bond donors (Lipinski definition) is 2. The fourth-order valence-electron chi connectivity index (χ4n) is 1.87. The van der Waals surface area contributed by atoms with Gasteiger partial charge < -0.3 is 11.1 Å². The van der Waals surface area contributed by atoms with Crippen molar-refractivity contribution in [2.45, 2.75) is 58.8 Å². The van der Waals surface area contributed by atoms with E-state index in [2.05, 4.69) is 29.1 Å². The topological polar surface area (TPSA) is 63.3 Å². The summed E-state index contributed by atoms with van der Waals surface area (Å²) in [5.74, 6) is 0.909. The Morgan fingerprint density at radius 2 is 2.05 bits per heavy atom. The van der Waals surface area contributed by atoms with Gasteiger partial charge in [0.15, 0.2) is 11.7 Å². The minimum atomic E-state index is -4.41. The van der Waals surface area contributed by atoms with E-state index >= 15 is 0 Å². The van der Waals surface area contributed by atoms with Crippen molar-refractivity contribution in [3.8, 4) is 0 Å². The molecule has 3 N–H and O–H groups in total. The van der Waals surface area contributed by atoms with Crippen LogP contribution in [0.2, 0.25) is 0 Å². The standard InChI is InChI=1S/C14H23F3N4S/c1-9(2)5-4-6-10(3)20-13(18)19-7-12-21-11(8-22-12)14(15,16)17/h8-10H,4-7H2,1-3H3,(H3,18,19,20). The molecule has 1 heterocycles. The molecule has 8 heteroatoms. The summed E-state index contributed by atoms with van der Waals surface area (Å²) in [5, 5.41) is 4.33. The van der Waals surface area contributed by atoms with Gasteiger partial charge in [-0.1, -0.05) is 26.7 Å². The molecule has 0 aliphatic rings. The van der Waals surface area contributed by atoms with Gasteiger partial charge in [-0.15, -0.1) is 11.3 Å². The van der Waals surface area contributed by atoms with Crippen LogP contribution >= 0.6 is 11.3 Å². The Balaban J connectivity index is 2.40. The summed E-state index contributed by atoms with van der Waals surface area (Å²) in [6.07, 6.45) is -1.18. The van der Waals surface area contributed by atoms with Crippen molar-refractivity contribution in [2.24, 2.45) is 16.6 Å². The molecule has 0 bridgehead atoms. The molecule has 0 amide bonds.